The van der Waals surface area contributed by atoms with Crippen LogP contribution in [0.2, 0.25) is 0 Å². The molecule has 0 atom stereocenters. The summed E-state index contributed by atoms with van der Waals surface area (Å²) in [5.74, 6) is -2.20. The SMILES string of the molecule is COC(CNC(=O)c1cc(F)cc(F)c1)OC. The third kappa shape index (κ3) is 4.08. The Morgan fingerprint density at radius 1 is 1.24 bits per heavy atom. The molecule has 17 heavy (non-hydrogen) atoms. The molecule has 0 spiro atoms. The van der Waals surface area contributed by atoms with Gasteiger partial charge in [-0.15, -0.1) is 0 Å². The van der Waals surface area contributed by atoms with Crippen LogP contribution in [0.5, 0.6) is 0 Å². The average molecular weight is 245 g/mol. The first-order chi connectivity index (χ1) is 8.06. The highest BCUT2D eigenvalue weighted by Gasteiger charge is 2.11. The van der Waals surface area contributed by atoms with E-state index in [1.54, 1.807) is 0 Å². The second kappa shape index (κ2) is 6.27. The molecule has 1 amide bonds. The Balaban J connectivity index is 2.63. The van der Waals surface area contributed by atoms with Gasteiger partial charge in [0.25, 0.3) is 5.91 Å². The van der Waals surface area contributed by atoms with E-state index in [4.69, 9.17) is 9.47 Å². The predicted molar refractivity (Wildman–Crippen MR) is 56.5 cm³/mol. The molecule has 0 aliphatic rings. The zero-order valence-electron chi connectivity index (χ0n) is 9.50. The second-order valence-corrected chi connectivity index (χ2v) is 3.27. The smallest absolute Gasteiger partial charge is 0.251 e. The summed E-state index contributed by atoms with van der Waals surface area (Å²) in [6.07, 6.45) is -0.600. The Hall–Kier alpha value is -1.53. The number of nitrogens with one attached hydrogen (secondary N) is 1. The lowest BCUT2D eigenvalue weighted by Crippen LogP contribution is -2.34. The first-order valence-electron chi connectivity index (χ1n) is 4.86. The molecule has 1 aromatic rings. The van der Waals surface area contributed by atoms with E-state index < -0.39 is 23.8 Å². The molecule has 1 N–H and O–H groups in total. The number of amides is 1. The highest BCUT2D eigenvalue weighted by atomic mass is 19.1. The molecule has 0 radical (unpaired) electrons. The van der Waals surface area contributed by atoms with Gasteiger partial charge in [-0.05, 0) is 12.1 Å². The number of halogens is 2. The molecule has 6 heteroatoms. The van der Waals surface area contributed by atoms with Gasteiger partial charge < -0.3 is 14.8 Å². The van der Waals surface area contributed by atoms with E-state index in [0.717, 1.165) is 12.1 Å². The number of ether oxygens (including phenoxy) is 2. The molecule has 0 saturated heterocycles. The van der Waals surface area contributed by atoms with E-state index in [2.05, 4.69) is 5.32 Å². The second-order valence-electron chi connectivity index (χ2n) is 3.27. The van der Waals surface area contributed by atoms with E-state index in [0.29, 0.717) is 6.07 Å². The van der Waals surface area contributed by atoms with Crippen LogP contribution in [0.25, 0.3) is 0 Å². The molecule has 0 aliphatic heterocycles. The summed E-state index contributed by atoms with van der Waals surface area (Å²) in [4.78, 5) is 11.5. The van der Waals surface area contributed by atoms with Gasteiger partial charge in [-0.3, -0.25) is 4.79 Å². The van der Waals surface area contributed by atoms with Gasteiger partial charge in [0.1, 0.15) is 11.6 Å². The molecule has 0 aromatic heterocycles. The van der Waals surface area contributed by atoms with Crippen molar-refractivity contribution in [2.75, 3.05) is 20.8 Å². The summed E-state index contributed by atoms with van der Waals surface area (Å²) in [5, 5.41) is 2.43. The topological polar surface area (TPSA) is 47.6 Å². The number of rotatable bonds is 5. The van der Waals surface area contributed by atoms with Gasteiger partial charge in [0, 0.05) is 25.8 Å². The Bertz CT molecular complexity index is 374. The minimum atomic E-state index is -0.801. The lowest BCUT2D eigenvalue weighted by molar-refractivity contribution is -0.0974. The van der Waals surface area contributed by atoms with E-state index >= 15 is 0 Å². The maximum Gasteiger partial charge on any atom is 0.251 e. The van der Waals surface area contributed by atoms with Crippen LogP contribution >= 0.6 is 0 Å². The standard InChI is InChI=1S/C11H13F2NO3/c1-16-10(17-2)6-14-11(15)7-3-8(12)5-9(13)4-7/h3-5,10H,6H2,1-2H3,(H,14,15). The van der Waals surface area contributed by atoms with Crippen LogP contribution in [0.4, 0.5) is 8.78 Å². The fourth-order valence-electron chi connectivity index (χ4n) is 1.23. The Kier molecular flexibility index (Phi) is 4.99. The number of carbonyl (C=O) groups excluding carboxylic acids is 1. The lowest BCUT2D eigenvalue weighted by Gasteiger charge is -2.14. The molecular formula is C11H13F2NO3. The highest BCUT2D eigenvalue weighted by Crippen LogP contribution is 2.07. The third-order valence-corrected chi connectivity index (χ3v) is 2.08. The molecule has 0 aliphatic carbocycles. The number of carbonyl (C=O) groups is 1. The quantitative estimate of drug-likeness (QED) is 0.796. The summed E-state index contributed by atoms with van der Waals surface area (Å²) in [5.41, 5.74) is -0.0894. The van der Waals surface area contributed by atoms with E-state index in [1.165, 1.54) is 14.2 Å². The van der Waals surface area contributed by atoms with Crippen LogP contribution in [-0.2, 0) is 9.47 Å². The third-order valence-electron chi connectivity index (χ3n) is 2.08. The Morgan fingerprint density at radius 3 is 2.24 bits per heavy atom. The van der Waals surface area contributed by atoms with Crippen LogP contribution in [0.1, 0.15) is 10.4 Å². The minimum Gasteiger partial charge on any atom is -0.354 e. The van der Waals surface area contributed by atoms with Crippen molar-refractivity contribution in [3.05, 3.63) is 35.4 Å². The molecule has 0 unspecified atom stereocenters. The number of hydrogen-bond donors (Lipinski definition) is 1. The van der Waals surface area contributed by atoms with Gasteiger partial charge in [-0.2, -0.15) is 0 Å². The van der Waals surface area contributed by atoms with Gasteiger partial charge in [-0.1, -0.05) is 0 Å². The Morgan fingerprint density at radius 2 is 1.76 bits per heavy atom. The van der Waals surface area contributed by atoms with E-state index in [9.17, 15) is 13.6 Å². The molecular weight excluding hydrogens is 232 g/mol. The van der Waals surface area contributed by atoms with Crippen molar-refractivity contribution >= 4 is 5.91 Å². The first kappa shape index (κ1) is 13.5. The molecule has 0 heterocycles. The summed E-state index contributed by atoms with van der Waals surface area (Å²) >= 11 is 0. The monoisotopic (exact) mass is 245 g/mol. The van der Waals surface area contributed by atoms with E-state index in [-0.39, 0.29) is 12.1 Å². The zero-order valence-corrected chi connectivity index (χ0v) is 9.50. The highest BCUT2D eigenvalue weighted by molar-refractivity contribution is 5.94. The number of benzene rings is 1. The molecule has 4 nitrogen and oxygen atoms in total. The number of hydrogen-bond acceptors (Lipinski definition) is 3. The van der Waals surface area contributed by atoms with Crippen molar-refractivity contribution in [1.82, 2.24) is 5.32 Å². The average Bonchev–Trinajstić information content (AvgIpc) is 2.28. The fraction of sp³-hybridized carbons (Fsp3) is 0.364. The van der Waals surface area contributed by atoms with Crippen molar-refractivity contribution in [2.45, 2.75) is 6.29 Å². The van der Waals surface area contributed by atoms with Crippen molar-refractivity contribution in [2.24, 2.45) is 0 Å². The largest absolute Gasteiger partial charge is 0.354 e. The van der Waals surface area contributed by atoms with Crippen molar-refractivity contribution in [1.29, 1.82) is 0 Å². The lowest BCUT2D eigenvalue weighted by atomic mass is 10.2. The maximum absolute atomic E-state index is 12.9. The van der Waals surface area contributed by atoms with Gasteiger partial charge in [0.05, 0.1) is 6.54 Å². The molecule has 0 saturated carbocycles. The van der Waals surface area contributed by atoms with E-state index in [1.807, 2.05) is 0 Å². The molecule has 0 fully saturated rings. The minimum absolute atomic E-state index is 0.0873. The maximum atomic E-state index is 12.9. The summed E-state index contributed by atoms with van der Waals surface area (Å²) in [6.45, 7) is 0.0873. The molecule has 94 valence electrons. The van der Waals surface area contributed by atoms with Crippen LogP contribution in [0.3, 0.4) is 0 Å². The molecule has 1 rings (SSSR count). The predicted octanol–water partition coefficient (Wildman–Crippen LogP) is 1.31. The van der Waals surface area contributed by atoms with Crippen LogP contribution in [0, 0.1) is 11.6 Å². The van der Waals surface area contributed by atoms with Crippen molar-refractivity contribution in [3.8, 4) is 0 Å². The van der Waals surface area contributed by atoms with Crippen LogP contribution in [0.15, 0.2) is 18.2 Å². The van der Waals surface area contributed by atoms with Crippen LogP contribution < -0.4 is 5.32 Å². The van der Waals surface area contributed by atoms with Crippen molar-refractivity contribution in [3.63, 3.8) is 0 Å². The van der Waals surface area contributed by atoms with Gasteiger partial charge in [0.15, 0.2) is 6.29 Å². The van der Waals surface area contributed by atoms with Crippen LogP contribution in [-0.4, -0.2) is 33.0 Å². The van der Waals surface area contributed by atoms with Gasteiger partial charge in [0.2, 0.25) is 0 Å². The van der Waals surface area contributed by atoms with Gasteiger partial charge >= 0.3 is 0 Å². The van der Waals surface area contributed by atoms with Crippen molar-refractivity contribution < 1.29 is 23.0 Å². The number of methoxy groups -OCH3 is 2. The fourth-order valence-corrected chi connectivity index (χ4v) is 1.23. The van der Waals surface area contributed by atoms with Gasteiger partial charge in [-0.25, -0.2) is 8.78 Å². The summed E-state index contributed by atoms with van der Waals surface area (Å²) < 4.78 is 35.4. The Labute approximate surface area is 97.5 Å². The first-order valence-corrected chi connectivity index (χ1v) is 4.86. The molecule has 1 aromatic carbocycles. The normalized spacial score (nSPS) is 10.6. The summed E-state index contributed by atoms with van der Waals surface area (Å²) in [7, 11) is 2.84. The molecule has 0 bridgehead atoms. The summed E-state index contributed by atoms with van der Waals surface area (Å²) in [6, 6.07) is 2.60. The zero-order chi connectivity index (χ0) is 12.8.